The van der Waals surface area contributed by atoms with Crippen LogP contribution in [0.5, 0.6) is 0 Å². The van der Waals surface area contributed by atoms with Crippen molar-refractivity contribution >= 4 is 21.5 Å². The van der Waals surface area contributed by atoms with E-state index in [0.29, 0.717) is 0 Å². The van der Waals surface area contributed by atoms with Crippen LogP contribution in [0.3, 0.4) is 0 Å². The number of fused-ring (bicyclic) bond motifs is 5. The molecule has 0 heteroatoms. The largest absolute Gasteiger partial charge is 0.0776 e. The van der Waals surface area contributed by atoms with E-state index in [1.165, 1.54) is 366 Å². The van der Waals surface area contributed by atoms with Crippen LogP contribution in [0.1, 0.15) is 351 Å². The van der Waals surface area contributed by atoms with Gasteiger partial charge in [0.2, 0.25) is 0 Å². The predicted octanol–water partition coefficient (Wildman–Crippen LogP) is 38.3. The Labute approximate surface area is 794 Å². The van der Waals surface area contributed by atoms with Crippen LogP contribution in [0.2, 0.25) is 0 Å². The molecule has 0 atom stereocenters. The minimum absolute atomic E-state index is 0. The summed E-state index contributed by atoms with van der Waals surface area (Å²) in [5.41, 5.74) is 93.3. The molecule has 12 aromatic carbocycles. The van der Waals surface area contributed by atoms with E-state index in [0.717, 1.165) is 0 Å². The molecule has 0 aromatic heterocycles. The smallest absolute Gasteiger partial charge is 0.0164 e. The van der Waals surface area contributed by atoms with Gasteiger partial charge >= 0.3 is 0 Å². The fourth-order valence-electron chi connectivity index (χ4n) is 22.2. The van der Waals surface area contributed by atoms with Gasteiger partial charge in [-0.15, -0.1) is 0 Å². The summed E-state index contributed by atoms with van der Waals surface area (Å²) >= 11 is 0. The molecule has 0 unspecified atom stereocenters. The fraction of sp³-hybridized carbons (Fsp3) is 0.473. The molecule has 0 aliphatic heterocycles. The Morgan fingerprint density at radius 1 is 0.0853 bits per heavy atom. The van der Waals surface area contributed by atoms with Crippen molar-refractivity contribution in [2.24, 2.45) is 0 Å². The van der Waals surface area contributed by atoms with Gasteiger partial charge in [-0.25, -0.2) is 0 Å². The van der Waals surface area contributed by atoms with E-state index in [4.69, 9.17) is 0 Å². The Kier molecular flexibility index (Phi) is 35.3. The van der Waals surface area contributed by atoms with Gasteiger partial charge in [0.05, 0.1) is 0 Å². The zero-order valence-electron chi connectivity index (χ0n) is 92.5. The van der Waals surface area contributed by atoms with Gasteiger partial charge < -0.3 is 0 Å². The van der Waals surface area contributed by atoms with Crippen LogP contribution in [0, 0.1) is 388 Å². The SMILES string of the molecule is C.C.Cc1c(C)c(C)c(-c2c(C)c(C)c(C)c(C)c2C)c(C)c1C.Cc1c(C)c(C)c(-c2c(C)c(C)c(C)c(C)c2C)c(C)c1C.Cc1c(C)c(C)c(C)c(C)c1C.Cc1c(C)c(C)c(C)c(C)c1C.Cc1c(C)c(C)c2c(C)c(C)c(C)c(C)c2c1C.Cc1c(C)c(C)c2c(C)c(C)c(C)c(C)c2c1C.Cc1c(C)c(C)c2c(c1C)-c1c(C)c(C)c(C)c(C)c1C2(C)C. The highest BCUT2D eigenvalue weighted by Crippen LogP contribution is 2.56. The summed E-state index contributed by atoms with van der Waals surface area (Å²) in [6, 6.07) is 0. The first-order valence-corrected chi connectivity index (χ1v) is 47.8. The predicted molar refractivity (Wildman–Crippen MR) is 587 cm³/mol. The molecular formula is C129H182. The molecule has 129 heavy (non-hydrogen) atoms. The van der Waals surface area contributed by atoms with Crippen molar-refractivity contribution in [1.82, 2.24) is 0 Å². The molecule has 1 aliphatic rings. The van der Waals surface area contributed by atoms with Gasteiger partial charge in [0.25, 0.3) is 0 Å². The third kappa shape index (κ3) is 18.8. The average molecular weight is 1730 g/mol. The number of hydrogen-bond donors (Lipinski definition) is 0. The van der Waals surface area contributed by atoms with Crippen LogP contribution < -0.4 is 0 Å². The summed E-state index contributed by atoms with van der Waals surface area (Å²) in [7, 11) is 0. The third-order valence-corrected chi connectivity index (χ3v) is 36.4. The molecule has 0 bridgehead atoms. The molecule has 0 heterocycles. The summed E-state index contributed by atoms with van der Waals surface area (Å²) in [4.78, 5) is 0. The summed E-state index contributed by atoms with van der Waals surface area (Å²) < 4.78 is 0. The molecule has 12 aromatic rings. The van der Waals surface area contributed by atoms with E-state index in [1.807, 2.05) is 0 Å². The minimum Gasteiger partial charge on any atom is -0.0776 e. The van der Waals surface area contributed by atoms with E-state index in [-0.39, 0.29) is 20.3 Å². The van der Waals surface area contributed by atoms with Gasteiger partial charge in [0.1, 0.15) is 0 Å². The van der Waals surface area contributed by atoms with Gasteiger partial charge in [0, 0.05) is 5.41 Å². The molecule has 0 nitrogen and oxygen atoms in total. The highest BCUT2D eigenvalue weighted by Gasteiger charge is 2.42. The summed E-state index contributed by atoms with van der Waals surface area (Å²) in [5, 5.41) is 5.93. The number of aryl methyl sites for hydroxylation is 8. The maximum Gasteiger partial charge on any atom is 0.0164 e. The van der Waals surface area contributed by atoms with Crippen LogP contribution in [0.15, 0.2) is 0 Å². The number of hydrogen-bond acceptors (Lipinski definition) is 0. The second-order valence-electron chi connectivity index (χ2n) is 41.1. The number of rotatable bonds is 2. The molecule has 0 N–H and O–H groups in total. The van der Waals surface area contributed by atoms with Crippen molar-refractivity contribution in [2.75, 3.05) is 0 Å². The van der Waals surface area contributed by atoms with E-state index in [9.17, 15) is 0 Å². The van der Waals surface area contributed by atoms with Crippen molar-refractivity contribution < 1.29 is 0 Å². The molecule has 698 valence electrons. The maximum atomic E-state index is 2.42. The summed E-state index contributed by atoms with van der Waals surface area (Å²) in [6.45, 7) is 131. The Balaban J connectivity index is 0.000000269. The molecule has 13 rings (SSSR count). The van der Waals surface area contributed by atoms with Gasteiger partial charge in [0.15, 0.2) is 0 Å². The highest BCUT2D eigenvalue weighted by atomic mass is 14.4. The zero-order valence-corrected chi connectivity index (χ0v) is 92.5. The molecule has 0 amide bonds. The zero-order chi connectivity index (χ0) is 97.8. The monoisotopic (exact) mass is 1730 g/mol. The fourth-order valence-corrected chi connectivity index (χ4v) is 22.2. The Bertz CT molecular complexity index is 5460. The van der Waals surface area contributed by atoms with E-state index < -0.39 is 0 Å². The molecular weight excluding hydrogens is 1550 g/mol. The van der Waals surface area contributed by atoms with Gasteiger partial charge in [-0.1, -0.05) is 28.7 Å². The first kappa shape index (κ1) is 111. The quantitative estimate of drug-likeness (QED) is 0.162. The van der Waals surface area contributed by atoms with Gasteiger partial charge in [-0.2, -0.15) is 0 Å². The lowest BCUT2D eigenvalue weighted by molar-refractivity contribution is 0.648. The first-order valence-electron chi connectivity index (χ1n) is 47.8. The van der Waals surface area contributed by atoms with Gasteiger partial charge in [-0.05, 0) is 765 Å². The van der Waals surface area contributed by atoms with E-state index in [2.05, 4.69) is 402 Å². The second-order valence-corrected chi connectivity index (χ2v) is 41.1. The Morgan fingerprint density at radius 3 is 0.256 bits per heavy atom. The Morgan fingerprint density at radius 2 is 0.155 bits per heavy atom. The normalized spacial score (nSPS) is 11.6. The average Bonchev–Trinajstić information content (AvgIpc) is 1.54. The molecule has 0 radical (unpaired) electrons. The van der Waals surface area contributed by atoms with E-state index in [1.54, 1.807) is 11.1 Å². The van der Waals surface area contributed by atoms with Gasteiger partial charge in [-0.3, -0.25) is 0 Å². The minimum atomic E-state index is 0. The molecule has 0 spiro atoms. The van der Waals surface area contributed by atoms with Crippen LogP contribution in [-0.4, -0.2) is 0 Å². The third-order valence-electron chi connectivity index (χ3n) is 36.4. The van der Waals surface area contributed by atoms with Crippen LogP contribution >= 0.6 is 0 Å². The van der Waals surface area contributed by atoms with Crippen molar-refractivity contribution in [2.45, 2.75) is 422 Å². The first-order chi connectivity index (χ1) is 58.2. The topological polar surface area (TPSA) is 0 Å². The lowest BCUT2D eigenvalue weighted by Gasteiger charge is -2.28. The van der Waals surface area contributed by atoms with E-state index >= 15 is 0 Å². The lowest BCUT2D eigenvalue weighted by atomic mass is 9.76. The molecule has 0 saturated heterocycles. The molecule has 1 aliphatic carbocycles. The highest BCUT2D eigenvalue weighted by molar-refractivity contribution is 5.99. The lowest BCUT2D eigenvalue weighted by Crippen LogP contribution is -2.19. The van der Waals surface area contributed by atoms with Crippen LogP contribution in [0.25, 0.3) is 54.9 Å². The summed E-state index contributed by atoms with van der Waals surface area (Å²) in [6.07, 6.45) is 0. The van der Waals surface area contributed by atoms with Crippen molar-refractivity contribution in [1.29, 1.82) is 0 Å². The molecule has 0 saturated carbocycles. The van der Waals surface area contributed by atoms with Crippen LogP contribution in [-0.2, 0) is 5.41 Å². The number of benzene rings is 12. The molecule has 0 fully saturated rings. The van der Waals surface area contributed by atoms with Crippen molar-refractivity contribution in [3.05, 3.63) is 323 Å². The Hall–Kier alpha value is -8.84. The van der Waals surface area contributed by atoms with Crippen molar-refractivity contribution in [3.8, 4) is 33.4 Å². The summed E-state index contributed by atoms with van der Waals surface area (Å²) in [5.74, 6) is 0. The van der Waals surface area contributed by atoms with Crippen LogP contribution in [0.4, 0.5) is 0 Å². The second kappa shape index (κ2) is 41.1. The van der Waals surface area contributed by atoms with Crippen molar-refractivity contribution in [3.63, 3.8) is 0 Å². The standard InChI is InChI=1S/C23H30.2C22H30.2C18H24.2C12H18.2CH4/c1-11-13(3)17(7)21-19(15(11)5)20-16(6)12(2)14(4)18(8)22(20)23(21,9)10;2*1-11-13(3)17(7)21(18(8)14(11)4)22-19(9)15(5)12(2)16(6)20(22)10;2*1-9-10(2)14(6)18-16(8)12(4)11(3)15(7)17(18)13(9)5;2*1-7-8(2)10(4)12(6)11(5)9(7)3;;/h1-10H3;2*1-10H3;2*1-8H3;2*1-6H3;2*1H4. The maximum absolute atomic E-state index is 2.42.